The average Bonchev–Trinajstić information content (AvgIpc) is 2.72. The molecule has 17 heavy (non-hydrogen) atoms. The zero-order valence-corrected chi connectivity index (χ0v) is 10.2. The van der Waals surface area contributed by atoms with Gasteiger partial charge in [-0.2, -0.15) is 0 Å². The van der Waals surface area contributed by atoms with Crippen molar-refractivity contribution in [2.45, 2.75) is 26.7 Å². The van der Waals surface area contributed by atoms with Gasteiger partial charge in [-0.1, -0.05) is 25.0 Å². The molecule has 3 heteroatoms. The van der Waals surface area contributed by atoms with E-state index in [2.05, 4.69) is 6.92 Å². The molecule has 1 heterocycles. The van der Waals surface area contributed by atoms with Gasteiger partial charge in [0.1, 0.15) is 5.58 Å². The highest BCUT2D eigenvalue weighted by Gasteiger charge is 2.13. The number of aryl methyl sites for hydroxylation is 1. The van der Waals surface area contributed by atoms with E-state index < -0.39 is 0 Å². The molecule has 2 aromatic rings. The van der Waals surface area contributed by atoms with Gasteiger partial charge in [-0.25, -0.2) is 4.79 Å². The van der Waals surface area contributed by atoms with Crippen LogP contribution in [0.25, 0.3) is 11.0 Å². The molecule has 0 N–H and O–H groups in total. The molecule has 0 saturated heterocycles. The van der Waals surface area contributed by atoms with Gasteiger partial charge in [0.05, 0.1) is 6.61 Å². The Morgan fingerprint density at radius 1 is 1.35 bits per heavy atom. The lowest BCUT2D eigenvalue weighted by molar-refractivity contribution is 0.0466. The molecule has 0 amide bonds. The topological polar surface area (TPSA) is 39.4 Å². The van der Waals surface area contributed by atoms with Crippen LogP contribution in [0.5, 0.6) is 0 Å². The molecule has 2 rings (SSSR count). The zero-order chi connectivity index (χ0) is 12.3. The van der Waals surface area contributed by atoms with Crippen LogP contribution in [0.4, 0.5) is 0 Å². The molecule has 0 unspecified atom stereocenters. The molecule has 0 radical (unpaired) electrons. The van der Waals surface area contributed by atoms with Crippen LogP contribution in [0, 0.1) is 6.92 Å². The van der Waals surface area contributed by atoms with Crippen molar-refractivity contribution < 1.29 is 13.9 Å². The van der Waals surface area contributed by atoms with Gasteiger partial charge >= 0.3 is 5.97 Å². The summed E-state index contributed by atoms with van der Waals surface area (Å²) >= 11 is 0. The first-order chi connectivity index (χ1) is 8.20. The van der Waals surface area contributed by atoms with E-state index in [-0.39, 0.29) is 11.7 Å². The summed E-state index contributed by atoms with van der Waals surface area (Å²) in [4.78, 5) is 11.7. The molecule has 90 valence electrons. The highest BCUT2D eigenvalue weighted by Crippen LogP contribution is 2.21. The Hall–Kier alpha value is -1.77. The van der Waals surface area contributed by atoms with Crippen LogP contribution < -0.4 is 0 Å². The second-order valence-electron chi connectivity index (χ2n) is 4.14. The lowest BCUT2D eigenvalue weighted by Crippen LogP contribution is -2.04. The number of unbranched alkanes of at least 4 members (excludes halogenated alkanes) is 1. The van der Waals surface area contributed by atoms with E-state index in [0.29, 0.717) is 6.61 Å². The smallest absolute Gasteiger partial charge is 0.374 e. The number of benzene rings is 1. The molecule has 0 aliphatic rings. The first kappa shape index (κ1) is 11.7. The van der Waals surface area contributed by atoms with Crippen molar-refractivity contribution in [3.63, 3.8) is 0 Å². The average molecular weight is 232 g/mol. The third kappa shape index (κ3) is 2.67. The van der Waals surface area contributed by atoms with Crippen molar-refractivity contribution in [2.75, 3.05) is 6.61 Å². The Balaban J connectivity index is 2.15. The number of fused-ring (bicyclic) bond motifs is 1. The normalized spacial score (nSPS) is 10.7. The number of ether oxygens (including phenoxy) is 1. The third-order valence-electron chi connectivity index (χ3n) is 2.60. The SMILES string of the molecule is CCCCOC(=O)c1cc2cc(C)ccc2o1. The zero-order valence-electron chi connectivity index (χ0n) is 10.2. The fraction of sp³-hybridized carbons (Fsp3) is 0.357. The molecule has 0 fully saturated rings. The summed E-state index contributed by atoms with van der Waals surface area (Å²) in [5.74, 6) is -0.103. The van der Waals surface area contributed by atoms with Crippen LogP contribution in [-0.2, 0) is 4.74 Å². The Morgan fingerprint density at radius 2 is 2.18 bits per heavy atom. The van der Waals surface area contributed by atoms with Gasteiger partial charge in [0.15, 0.2) is 0 Å². The van der Waals surface area contributed by atoms with E-state index in [9.17, 15) is 4.79 Å². The van der Waals surface area contributed by atoms with Gasteiger partial charge in [0.25, 0.3) is 0 Å². The van der Waals surface area contributed by atoms with Crippen LogP contribution in [0.15, 0.2) is 28.7 Å². The summed E-state index contributed by atoms with van der Waals surface area (Å²) in [6.07, 6.45) is 1.89. The van der Waals surface area contributed by atoms with Crippen LogP contribution in [0.1, 0.15) is 35.9 Å². The molecule has 0 bridgehead atoms. The van der Waals surface area contributed by atoms with E-state index in [1.54, 1.807) is 6.07 Å². The fourth-order valence-corrected chi connectivity index (χ4v) is 1.64. The summed E-state index contributed by atoms with van der Waals surface area (Å²) < 4.78 is 10.5. The molecular weight excluding hydrogens is 216 g/mol. The minimum Gasteiger partial charge on any atom is -0.460 e. The quantitative estimate of drug-likeness (QED) is 0.596. The highest BCUT2D eigenvalue weighted by atomic mass is 16.5. The van der Waals surface area contributed by atoms with Gasteiger partial charge in [-0.15, -0.1) is 0 Å². The van der Waals surface area contributed by atoms with Gasteiger partial charge < -0.3 is 9.15 Å². The monoisotopic (exact) mass is 232 g/mol. The fourth-order valence-electron chi connectivity index (χ4n) is 1.64. The molecule has 0 saturated carbocycles. The van der Waals surface area contributed by atoms with Crippen molar-refractivity contribution >= 4 is 16.9 Å². The molecule has 1 aromatic heterocycles. The Morgan fingerprint density at radius 3 is 2.94 bits per heavy atom. The maximum Gasteiger partial charge on any atom is 0.374 e. The van der Waals surface area contributed by atoms with Gasteiger partial charge in [-0.05, 0) is 31.5 Å². The molecule has 0 aliphatic heterocycles. The highest BCUT2D eigenvalue weighted by molar-refractivity contribution is 5.92. The van der Waals surface area contributed by atoms with E-state index in [1.165, 1.54) is 0 Å². The number of carbonyl (C=O) groups excluding carboxylic acids is 1. The first-order valence-corrected chi connectivity index (χ1v) is 5.88. The van der Waals surface area contributed by atoms with Crippen LogP contribution in [-0.4, -0.2) is 12.6 Å². The minimum atomic E-state index is -0.382. The number of furan rings is 1. The van der Waals surface area contributed by atoms with Crippen molar-refractivity contribution in [1.82, 2.24) is 0 Å². The van der Waals surface area contributed by atoms with Crippen molar-refractivity contribution in [1.29, 1.82) is 0 Å². The predicted octanol–water partition coefficient (Wildman–Crippen LogP) is 3.70. The summed E-state index contributed by atoms with van der Waals surface area (Å²) in [6.45, 7) is 4.51. The summed E-state index contributed by atoms with van der Waals surface area (Å²) in [5, 5.41) is 0.937. The van der Waals surface area contributed by atoms with Crippen molar-refractivity contribution in [3.05, 3.63) is 35.6 Å². The van der Waals surface area contributed by atoms with Gasteiger partial charge in [0, 0.05) is 5.39 Å². The number of hydrogen-bond donors (Lipinski definition) is 0. The molecule has 0 spiro atoms. The van der Waals surface area contributed by atoms with Crippen LogP contribution in [0.3, 0.4) is 0 Å². The Kier molecular flexibility index (Phi) is 3.47. The first-order valence-electron chi connectivity index (χ1n) is 5.88. The molecule has 1 aromatic carbocycles. The van der Waals surface area contributed by atoms with Crippen LogP contribution >= 0.6 is 0 Å². The summed E-state index contributed by atoms with van der Waals surface area (Å²) in [5.41, 5.74) is 1.86. The number of carbonyl (C=O) groups is 1. The second-order valence-corrected chi connectivity index (χ2v) is 4.14. The lowest BCUT2D eigenvalue weighted by atomic mass is 10.2. The Bertz CT molecular complexity index is 525. The van der Waals surface area contributed by atoms with Gasteiger partial charge in [0.2, 0.25) is 5.76 Å². The molecular formula is C14H16O3. The van der Waals surface area contributed by atoms with Crippen molar-refractivity contribution in [2.24, 2.45) is 0 Å². The maximum absolute atomic E-state index is 11.7. The van der Waals surface area contributed by atoms with E-state index in [0.717, 1.165) is 29.4 Å². The van der Waals surface area contributed by atoms with Crippen molar-refractivity contribution in [3.8, 4) is 0 Å². The van der Waals surface area contributed by atoms with Crippen LogP contribution in [0.2, 0.25) is 0 Å². The largest absolute Gasteiger partial charge is 0.460 e. The Labute approximate surface area is 100 Å². The number of rotatable bonds is 4. The lowest BCUT2D eigenvalue weighted by Gasteiger charge is -1.99. The van der Waals surface area contributed by atoms with Gasteiger partial charge in [-0.3, -0.25) is 0 Å². The predicted molar refractivity (Wildman–Crippen MR) is 66.1 cm³/mol. The molecule has 3 nitrogen and oxygen atoms in total. The summed E-state index contributed by atoms with van der Waals surface area (Å²) in [7, 11) is 0. The van der Waals surface area contributed by atoms with E-state index in [1.807, 2.05) is 25.1 Å². The number of esters is 1. The van der Waals surface area contributed by atoms with E-state index in [4.69, 9.17) is 9.15 Å². The molecule has 0 atom stereocenters. The minimum absolute atomic E-state index is 0.279. The maximum atomic E-state index is 11.7. The standard InChI is InChI=1S/C14H16O3/c1-3-4-7-16-14(15)13-9-11-8-10(2)5-6-12(11)17-13/h5-6,8-9H,3-4,7H2,1-2H3. The van der Waals surface area contributed by atoms with E-state index >= 15 is 0 Å². The number of hydrogen-bond acceptors (Lipinski definition) is 3. The summed E-state index contributed by atoms with van der Waals surface area (Å²) in [6, 6.07) is 7.55. The molecule has 0 aliphatic carbocycles. The third-order valence-corrected chi connectivity index (χ3v) is 2.60. The second kappa shape index (κ2) is 5.04.